The van der Waals surface area contributed by atoms with Crippen LogP contribution in [0.25, 0.3) is 0 Å². The molecule has 1 aliphatic heterocycles. The zero-order valence-electron chi connectivity index (χ0n) is 16.2. The third-order valence-electron chi connectivity index (χ3n) is 4.80. The number of hydrogen-bond acceptors (Lipinski definition) is 5. The van der Waals surface area contributed by atoms with Gasteiger partial charge in [0.05, 0.1) is 33.3 Å². The van der Waals surface area contributed by atoms with Crippen molar-refractivity contribution in [2.75, 3.05) is 21.3 Å². The molecule has 27 heavy (non-hydrogen) atoms. The fraction of sp³-hybridized carbons (Fsp3) is 0.333. The average Bonchev–Trinajstić information content (AvgIpc) is 3.04. The molecule has 142 valence electrons. The monoisotopic (exact) mass is 368 g/mol. The summed E-state index contributed by atoms with van der Waals surface area (Å²) in [6.45, 7) is 3.47. The third kappa shape index (κ3) is 3.35. The van der Waals surface area contributed by atoms with Gasteiger partial charge >= 0.3 is 0 Å². The Bertz CT molecular complexity index is 839. The highest BCUT2D eigenvalue weighted by Gasteiger charge is 2.40. The molecule has 6 nitrogen and oxygen atoms in total. The lowest BCUT2D eigenvalue weighted by atomic mass is 9.84. The molecule has 2 atom stereocenters. The van der Waals surface area contributed by atoms with Crippen LogP contribution in [0.4, 0.5) is 0 Å². The van der Waals surface area contributed by atoms with Gasteiger partial charge in [0.25, 0.3) is 0 Å². The van der Waals surface area contributed by atoms with E-state index in [-0.39, 0.29) is 17.9 Å². The summed E-state index contributed by atoms with van der Waals surface area (Å²) < 4.78 is 16.4. The van der Waals surface area contributed by atoms with Gasteiger partial charge in [-0.1, -0.05) is 30.3 Å². The zero-order chi connectivity index (χ0) is 19.6. The summed E-state index contributed by atoms with van der Waals surface area (Å²) in [5.41, 5.74) is 2.82. The molecule has 1 aliphatic rings. The first kappa shape index (κ1) is 18.8. The van der Waals surface area contributed by atoms with E-state index >= 15 is 0 Å². The lowest BCUT2D eigenvalue weighted by Gasteiger charge is -2.27. The number of hydrogen-bond donors (Lipinski definition) is 0. The third-order valence-corrected chi connectivity index (χ3v) is 4.80. The Morgan fingerprint density at radius 2 is 1.56 bits per heavy atom. The molecule has 0 fully saturated rings. The van der Waals surface area contributed by atoms with E-state index in [1.165, 1.54) is 6.92 Å². The van der Waals surface area contributed by atoms with E-state index in [9.17, 15) is 4.79 Å². The van der Waals surface area contributed by atoms with E-state index in [2.05, 4.69) is 5.10 Å². The predicted molar refractivity (Wildman–Crippen MR) is 104 cm³/mol. The molecule has 3 rings (SSSR count). The van der Waals surface area contributed by atoms with E-state index < -0.39 is 0 Å². The van der Waals surface area contributed by atoms with E-state index in [1.54, 1.807) is 26.3 Å². The largest absolute Gasteiger partial charge is 0.493 e. The first-order chi connectivity index (χ1) is 13.0. The zero-order valence-corrected chi connectivity index (χ0v) is 16.2. The Kier molecular flexibility index (Phi) is 5.35. The summed E-state index contributed by atoms with van der Waals surface area (Å²) in [6.07, 6.45) is 0. The van der Waals surface area contributed by atoms with Crippen LogP contribution < -0.4 is 14.2 Å². The second-order valence-electron chi connectivity index (χ2n) is 6.40. The Labute approximate surface area is 159 Å². The standard InChI is InChI=1S/C21H24N2O4/c1-13-19(16-11-17(25-3)21(27-5)18(12-16)26-4)20(23(22-13)14(2)24)15-9-7-6-8-10-15/h6-12,19-20H,1-5H3/t19-,20-/m0/s1. The smallest absolute Gasteiger partial charge is 0.240 e. The van der Waals surface area contributed by atoms with Crippen LogP contribution in [0.2, 0.25) is 0 Å². The number of hydrazone groups is 1. The van der Waals surface area contributed by atoms with Crippen molar-refractivity contribution in [1.82, 2.24) is 5.01 Å². The molecule has 0 spiro atoms. The number of rotatable bonds is 5. The van der Waals surface area contributed by atoms with Crippen LogP contribution >= 0.6 is 0 Å². The molecule has 0 unspecified atom stereocenters. The minimum atomic E-state index is -0.230. The Hall–Kier alpha value is -3.02. The van der Waals surface area contributed by atoms with E-state index in [1.807, 2.05) is 49.4 Å². The summed E-state index contributed by atoms with van der Waals surface area (Å²) in [6, 6.07) is 13.5. The number of carbonyl (C=O) groups is 1. The Morgan fingerprint density at radius 3 is 2.04 bits per heavy atom. The van der Waals surface area contributed by atoms with Gasteiger partial charge in [-0.25, -0.2) is 5.01 Å². The molecule has 1 amide bonds. The van der Waals surface area contributed by atoms with Crippen molar-refractivity contribution in [3.63, 3.8) is 0 Å². The fourth-order valence-corrected chi connectivity index (χ4v) is 3.62. The lowest BCUT2D eigenvalue weighted by molar-refractivity contribution is -0.130. The summed E-state index contributed by atoms with van der Waals surface area (Å²) >= 11 is 0. The molecule has 0 radical (unpaired) electrons. The van der Waals surface area contributed by atoms with Crippen LogP contribution in [-0.2, 0) is 4.79 Å². The maximum Gasteiger partial charge on any atom is 0.240 e. The van der Waals surface area contributed by atoms with Crippen molar-refractivity contribution >= 4 is 11.6 Å². The molecule has 0 bridgehead atoms. The summed E-state index contributed by atoms with van der Waals surface area (Å²) in [5, 5.41) is 6.10. The van der Waals surface area contributed by atoms with Gasteiger partial charge in [0.15, 0.2) is 11.5 Å². The van der Waals surface area contributed by atoms with E-state index in [0.29, 0.717) is 17.2 Å². The highest BCUT2D eigenvalue weighted by Crippen LogP contribution is 2.47. The van der Waals surface area contributed by atoms with Crippen LogP contribution in [0.5, 0.6) is 17.2 Å². The molecule has 1 heterocycles. The van der Waals surface area contributed by atoms with Gasteiger partial charge in [0, 0.05) is 12.6 Å². The van der Waals surface area contributed by atoms with Crippen LogP contribution in [0.3, 0.4) is 0 Å². The van der Waals surface area contributed by atoms with Gasteiger partial charge < -0.3 is 14.2 Å². The predicted octanol–water partition coefficient (Wildman–Crippen LogP) is 3.78. The van der Waals surface area contributed by atoms with E-state index in [4.69, 9.17) is 14.2 Å². The first-order valence-electron chi connectivity index (χ1n) is 8.71. The van der Waals surface area contributed by atoms with Gasteiger partial charge in [0.1, 0.15) is 0 Å². The highest BCUT2D eigenvalue weighted by atomic mass is 16.5. The summed E-state index contributed by atoms with van der Waals surface area (Å²) in [7, 11) is 4.76. The van der Waals surface area contributed by atoms with Gasteiger partial charge in [-0.05, 0) is 30.2 Å². The van der Waals surface area contributed by atoms with Gasteiger partial charge in [-0.15, -0.1) is 0 Å². The van der Waals surface area contributed by atoms with Crippen molar-refractivity contribution < 1.29 is 19.0 Å². The van der Waals surface area contributed by atoms with Gasteiger partial charge in [0.2, 0.25) is 11.7 Å². The molecule has 6 heteroatoms. The molecule has 0 aliphatic carbocycles. The molecule has 2 aromatic carbocycles. The van der Waals surface area contributed by atoms with Crippen molar-refractivity contribution in [1.29, 1.82) is 0 Å². The van der Waals surface area contributed by atoms with E-state index in [0.717, 1.165) is 16.8 Å². The molecule has 0 saturated heterocycles. The number of methoxy groups -OCH3 is 3. The Balaban J connectivity index is 2.16. The topological polar surface area (TPSA) is 60.4 Å². The molecular weight excluding hydrogens is 344 g/mol. The number of amides is 1. The molecular formula is C21H24N2O4. The fourth-order valence-electron chi connectivity index (χ4n) is 3.62. The normalized spacial score (nSPS) is 18.9. The van der Waals surface area contributed by atoms with Gasteiger partial charge in [-0.2, -0.15) is 5.10 Å². The average molecular weight is 368 g/mol. The summed E-state index contributed by atoms with van der Waals surface area (Å²) in [4.78, 5) is 12.2. The SMILES string of the molecule is COc1cc([C@@H]2C(C)=NN(C(C)=O)[C@H]2c2ccccc2)cc(OC)c1OC. The number of benzene rings is 2. The van der Waals surface area contributed by atoms with Gasteiger partial charge in [-0.3, -0.25) is 4.79 Å². The second kappa shape index (κ2) is 7.70. The lowest BCUT2D eigenvalue weighted by Crippen LogP contribution is -2.28. The minimum Gasteiger partial charge on any atom is -0.493 e. The molecule has 0 saturated carbocycles. The number of ether oxygens (including phenoxy) is 3. The summed E-state index contributed by atoms with van der Waals surface area (Å²) in [5.74, 6) is 1.47. The van der Waals surface area contributed by atoms with Crippen LogP contribution in [0, 0.1) is 0 Å². The van der Waals surface area contributed by atoms with Crippen molar-refractivity contribution in [2.45, 2.75) is 25.8 Å². The first-order valence-corrected chi connectivity index (χ1v) is 8.71. The maximum absolute atomic E-state index is 12.2. The molecule has 0 N–H and O–H groups in total. The Morgan fingerprint density at radius 1 is 0.963 bits per heavy atom. The maximum atomic E-state index is 12.2. The highest BCUT2D eigenvalue weighted by molar-refractivity contribution is 5.94. The van der Waals surface area contributed by atoms with Crippen molar-refractivity contribution in [3.8, 4) is 17.2 Å². The van der Waals surface area contributed by atoms with Crippen LogP contribution in [-0.4, -0.2) is 38.0 Å². The quantitative estimate of drug-likeness (QED) is 0.806. The number of carbonyl (C=O) groups excluding carboxylic acids is 1. The van der Waals surface area contributed by atoms with Crippen molar-refractivity contribution in [2.24, 2.45) is 5.10 Å². The van der Waals surface area contributed by atoms with Crippen LogP contribution in [0.1, 0.15) is 36.9 Å². The molecule has 2 aromatic rings. The minimum absolute atomic E-state index is 0.0989. The molecule has 0 aromatic heterocycles. The van der Waals surface area contributed by atoms with Crippen molar-refractivity contribution in [3.05, 3.63) is 53.6 Å². The second-order valence-corrected chi connectivity index (χ2v) is 6.40. The number of nitrogens with zero attached hydrogens (tertiary/aromatic N) is 2. The van der Waals surface area contributed by atoms with Crippen LogP contribution in [0.15, 0.2) is 47.6 Å².